The van der Waals surface area contributed by atoms with Gasteiger partial charge in [-0.15, -0.1) is 0 Å². The number of rotatable bonds is 2. The maximum atomic E-state index is 12.9. The summed E-state index contributed by atoms with van der Waals surface area (Å²) in [7, 11) is 1.56. The van der Waals surface area contributed by atoms with E-state index in [0.29, 0.717) is 22.2 Å². The molecule has 0 radical (unpaired) electrons. The fourth-order valence-electron chi connectivity index (χ4n) is 2.51. The predicted octanol–water partition coefficient (Wildman–Crippen LogP) is 3.89. The van der Waals surface area contributed by atoms with Gasteiger partial charge in [-0.05, 0) is 30.3 Å². The van der Waals surface area contributed by atoms with Crippen molar-refractivity contribution < 1.29 is 23.1 Å². The van der Waals surface area contributed by atoms with Crippen LogP contribution in [0.1, 0.15) is 16.1 Å². The van der Waals surface area contributed by atoms with E-state index in [1.54, 1.807) is 19.3 Å². The van der Waals surface area contributed by atoms with Crippen molar-refractivity contribution in [3.63, 3.8) is 0 Å². The molecule has 4 nitrogen and oxygen atoms in total. The number of aromatic amines is 1. The highest BCUT2D eigenvalue weighted by Crippen LogP contribution is 2.35. The third-order valence-electron chi connectivity index (χ3n) is 3.63. The number of hydrogen-bond donors (Lipinski definition) is 2. The Balaban J connectivity index is 2.21. The third kappa shape index (κ3) is 2.14. The average molecular weight is 308 g/mol. The molecule has 0 aliphatic carbocycles. The van der Waals surface area contributed by atoms with E-state index in [1.165, 1.54) is 16.7 Å². The van der Waals surface area contributed by atoms with E-state index in [1.807, 2.05) is 0 Å². The van der Waals surface area contributed by atoms with E-state index in [-0.39, 0.29) is 5.69 Å². The highest BCUT2D eigenvalue weighted by Gasteiger charge is 2.31. The van der Waals surface area contributed by atoms with Crippen molar-refractivity contribution in [2.45, 2.75) is 6.18 Å². The van der Waals surface area contributed by atoms with E-state index in [2.05, 4.69) is 4.98 Å². The van der Waals surface area contributed by atoms with Gasteiger partial charge in [-0.25, -0.2) is 4.79 Å². The van der Waals surface area contributed by atoms with Gasteiger partial charge in [0.1, 0.15) is 5.69 Å². The minimum absolute atomic E-state index is 0.0660. The Kier molecular flexibility index (Phi) is 3.01. The van der Waals surface area contributed by atoms with Crippen LogP contribution < -0.4 is 0 Å². The second-order valence-electron chi connectivity index (χ2n) is 4.93. The number of halogens is 3. The molecule has 2 heterocycles. The summed E-state index contributed by atoms with van der Waals surface area (Å²) < 4.78 is 40.0. The van der Waals surface area contributed by atoms with Crippen molar-refractivity contribution in [2.75, 3.05) is 0 Å². The van der Waals surface area contributed by atoms with Crippen molar-refractivity contribution in [1.82, 2.24) is 9.55 Å². The Hall–Kier alpha value is -2.70. The maximum absolute atomic E-state index is 12.9. The number of hydrogen-bond acceptors (Lipinski definition) is 1. The number of carbonyl (C=O) groups is 1. The van der Waals surface area contributed by atoms with Gasteiger partial charge in [-0.2, -0.15) is 13.2 Å². The number of H-pyrrole nitrogens is 1. The van der Waals surface area contributed by atoms with Crippen molar-refractivity contribution >= 4 is 16.9 Å². The molecule has 0 unspecified atom stereocenters. The molecule has 114 valence electrons. The zero-order valence-corrected chi connectivity index (χ0v) is 11.4. The predicted molar refractivity (Wildman–Crippen MR) is 74.7 cm³/mol. The second kappa shape index (κ2) is 4.66. The van der Waals surface area contributed by atoms with Crippen LogP contribution in [0, 0.1) is 0 Å². The summed E-state index contributed by atoms with van der Waals surface area (Å²) in [6.45, 7) is 0. The summed E-state index contributed by atoms with van der Waals surface area (Å²) in [6.07, 6.45) is -2.85. The first-order chi connectivity index (χ1) is 10.3. The fourth-order valence-corrected chi connectivity index (χ4v) is 2.51. The lowest BCUT2D eigenvalue weighted by Gasteiger charge is -2.08. The van der Waals surface area contributed by atoms with Gasteiger partial charge >= 0.3 is 12.1 Å². The molecule has 0 bridgehead atoms. The number of carboxylic acids is 1. The first kappa shape index (κ1) is 14.2. The summed E-state index contributed by atoms with van der Waals surface area (Å²) >= 11 is 0. The van der Waals surface area contributed by atoms with Gasteiger partial charge in [0.2, 0.25) is 0 Å². The number of aromatic nitrogens is 2. The van der Waals surface area contributed by atoms with Gasteiger partial charge in [0.05, 0.1) is 11.3 Å². The number of nitrogens with zero attached hydrogens (tertiary/aromatic N) is 1. The third-order valence-corrected chi connectivity index (χ3v) is 3.63. The van der Waals surface area contributed by atoms with E-state index < -0.39 is 17.7 Å². The molecule has 0 spiro atoms. The lowest BCUT2D eigenvalue weighted by Crippen LogP contribution is -2.05. The van der Waals surface area contributed by atoms with Crippen LogP contribution in [-0.4, -0.2) is 20.6 Å². The Morgan fingerprint density at radius 3 is 2.55 bits per heavy atom. The Bertz CT molecular complexity index is 875. The number of nitrogens with one attached hydrogen (secondary N) is 1. The van der Waals surface area contributed by atoms with E-state index in [9.17, 15) is 18.0 Å². The monoisotopic (exact) mass is 308 g/mol. The van der Waals surface area contributed by atoms with Crippen LogP contribution in [0.15, 0.2) is 36.5 Å². The maximum Gasteiger partial charge on any atom is 0.416 e. The van der Waals surface area contributed by atoms with Crippen molar-refractivity contribution in [2.24, 2.45) is 7.05 Å². The number of fused-ring (bicyclic) bond motifs is 1. The van der Waals surface area contributed by atoms with E-state index in [0.717, 1.165) is 12.1 Å². The topological polar surface area (TPSA) is 58.0 Å². The molecule has 2 aromatic heterocycles. The molecule has 0 saturated heterocycles. The van der Waals surface area contributed by atoms with Gasteiger partial charge in [-0.1, -0.05) is 0 Å². The molecule has 7 heteroatoms. The van der Waals surface area contributed by atoms with Crippen molar-refractivity contribution in [3.8, 4) is 11.3 Å². The van der Waals surface area contributed by atoms with Crippen LogP contribution in [0.4, 0.5) is 13.2 Å². The SMILES string of the molecule is Cn1c(C(=O)O)ccc1-c1c[nH]c2ccc(C(F)(F)F)cc12. The Labute approximate surface area is 122 Å². The molecule has 1 aromatic carbocycles. The van der Waals surface area contributed by atoms with Gasteiger partial charge in [-0.3, -0.25) is 0 Å². The molecule has 3 aromatic rings. The Morgan fingerprint density at radius 1 is 1.23 bits per heavy atom. The zero-order valence-electron chi connectivity index (χ0n) is 11.4. The van der Waals surface area contributed by atoms with Gasteiger partial charge in [0.25, 0.3) is 0 Å². The first-order valence-corrected chi connectivity index (χ1v) is 6.37. The van der Waals surface area contributed by atoms with Crippen molar-refractivity contribution in [1.29, 1.82) is 0 Å². The van der Waals surface area contributed by atoms with Crippen LogP contribution in [0.3, 0.4) is 0 Å². The van der Waals surface area contributed by atoms with Gasteiger partial charge < -0.3 is 14.7 Å². The fraction of sp³-hybridized carbons (Fsp3) is 0.133. The normalized spacial score (nSPS) is 12.0. The minimum atomic E-state index is -4.43. The number of carboxylic acid groups (broad SMARTS) is 1. The lowest BCUT2D eigenvalue weighted by molar-refractivity contribution is -0.137. The van der Waals surface area contributed by atoms with Crippen LogP contribution in [0.25, 0.3) is 22.2 Å². The molecule has 0 saturated carbocycles. The average Bonchev–Trinajstić information content (AvgIpc) is 3.00. The standard InChI is InChI=1S/C15H11F3N2O2/c1-20-12(4-5-13(20)14(21)22)10-7-19-11-3-2-8(6-9(10)11)15(16,17)18/h2-7,19H,1H3,(H,21,22). The molecule has 3 rings (SSSR count). The highest BCUT2D eigenvalue weighted by molar-refractivity contribution is 5.96. The van der Waals surface area contributed by atoms with Crippen LogP contribution in [-0.2, 0) is 13.2 Å². The quantitative estimate of drug-likeness (QED) is 0.754. The van der Waals surface area contributed by atoms with Crippen LogP contribution >= 0.6 is 0 Å². The summed E-state index contributed by atoms with van der Waals surface area (Å²) in [6, 6.07) is 6.43. The molecule has 0 amide bonds. The van der Waals surface area contributed by atoms with Gasteiger partial charge in [0, 0.05) is 29.7 Å². The number of aromatic carboxylic acids is 1. The molecular formula is C15H11F3N2O2. The van der Waals surface area contributed by atoms with E-state index >= 15 is 0 Å². The summed E-state index contributed by atoms with van der Waals surface area (Å²) in [5.41, 5.74) is 0.935. The van der Waals surface area contributed by atoms with Crippen molar-refractivity contribution in [3.05, 3.63) is 47.8 Å². The summed E-state index contributed by atoms with van der Waals surface area (Å²) in [5, 5.41) is 9.46. The molecule has 0 fully saturated rings. The first-order valence-electron chi connectivity index (χ1n) is 6.37. The Morgan fingerprint density at radius 2 is 1.95 bits per heavy atom. The number of alkyl halides is 3. The molecule has 0 atom stereocenters. The summed E-state index contributed by atoms with van der Waals surface area (Å²) in [5.74, 6) is -1.09. The lowest BCUT2D eigenvalue weighted by atomic mass is 10.1. The zero-order chi connectivity index (χ0) is 16.1. The molecule has 0 aliphatic heterocycles. The molecular weight excluding hydrogens is 297 g/mol. The highest BCUT2D eigenvalue weighted by atomic mass is 19.4. The molecule has 22 heavy (non-hydrogen) atoms. The molecule has 0 aliphatic rings. The largest absolute Gasteiger partial charge is 0.477 e. The minimum Gasteiger partial charge on any atom is -0.477 e. The van der Waals surface area contributed by atoms with Crippen LogP contribution in [0.2, 0.25) is 0 Å². The van der Waals surface area contributed by atoms with Crippen LogP contribution in [0.5, 0.6) is 0 Å². The van der Waals surface area contributed by atoms with E-state index in [4.69, 9.17) is 5.11 Å². The number of benzene rings is 1. The smallest absolute Gasteiger partial charge is 0.416 e. The second-order valence-corrected chi connectivity index (χ2v) is 4.93. The molecule has 2 N–H and O–H groups in total. The summed E-state index contributed by atoms with van der Waals surface area (Å²) in [4.78, 5) is 14.0. The van der Waals surface area contributed by atoms with Gasteiger partial charge in [0.15, 0.2) is 0 Å².